The van der Waals surface area contributed by atoms with Gasteiger partial charge in [0, 0.05) is 13.0 Å². The van der Waals surface area contributed by atoms with Crippen molar-refractivity contribution in [2.75, 3.05) is 5.32 Å². The predicted octanol–water partition coefficient (Wildman–Crippen LogP) is 3.04. The highest BCUT2D eigenvalue weighted by Gasteiger charge is 2.42. The number of nitrogens with zero attached hydrogens (tertiary/aromatic N) is 3. The molecule has 6 heteroatoms. The molecule has 3 rings (SSSR count). The van der Waals surface area contributed by atoms with Crippen molar-refractivity contribution in [2.24, 2.45) is 5.16 Å². The summed E-state index contributed by atoms with van der Waals surface area (Å²) in [5, 5.41) is 11.5. The molecule has 0 aliphatic carbocycles. The fourth-order valence-electron chi connectivity index (χ4n) is 2.88. The normalized spacial score (nSPS) is 19.8. The van der Waals surface area contributed by atoms with Crippen LogP contribution in [0, 0.1) is 13.8 Å². The Balaban J connectivity index is 1.76. The van der Waals surface area contributed by atoms with E-state index in [9.17, 15) is 4.79 Å². The van der Waals surface area contributed by atoms with E-state index in [2.05, 4.69) is 15.6 Å². The lowest BCUT2D eigenvalue weighted by Crippen LogP contribution is -2.40. The number of aryl methyl sites for hydroxylation is 2. The molecule has 0 unspecified atom stereocenters. The third kappa shape index (κ3) is 2.79. The first-order valence-electron chi connectivity index (χ1n) is 8.10. The number of hydrogen-bond donors (Lipinski definition) is 1. The van der Waals surface area contributed by atoms with Crippen LogP contribution < -0.4 is 5.32 Å². The van der Waals surface area contributed by atoms with Crippen molar-refractivity contribution in [3.05, 3.63) is 47.3 Å². The van der Waals surface area contributed by atoms with E-state index in [-0.39, 0.29) is 5.91 Å². The zero-order valence-electron chi connectivity index (χ0n) is 14.5. The minimum atomic E-state index is -1.02. The van der Waals surface area contributed by atoms with E-state index < -0.39 is 5.60 Å². The summed E-state index contributed by atoms with van der Waals surface area (Å²) in [5.74, 6) is -0.209. The van der Waals surface area contributed by atoms with E-state index >= 15 is 0 Å². The molecule has 2 heterocycles. The van der Waals surface area contributed by atoms with Crippen LogP contribution in [0.2, 0.25) is 0 Å². The summed E-state index contributed by atoms with van der Waals surface area (Å²) in [7, 11) is 0. The van der Waals surface area contributed by atoms with Crippen LogP contribution >= 0.6 is 0 Å². The summed E-state index contributed by atoms with van der Waals surface area (Å²) in [6.07, 6.45) is 0.433. The van der Waals surface area contributed by atoms with Crippen molar-refractivity contribution >= 4 is 17.3 Å². The number of amides is 1. The lowest BCUT2D eigenvalue weighted by Gasteiger charge is -2.20. The second-order valence-electron chi connectivity index (χ2n) is 6.22. The molecule has 0 radical (unpaired) electrons. The Bertz CT molecular complexity index is 795. The van der Waals surface area contributed by atoms with Gasteiger partial charge >= 0.3 is 0 Å². The number of benzene rings is 1. The van der Waals surface area contributed by atoms with Crippen LogP contribution in [0.4, 0.5) is 5.69 Å². The van der Waals surface area contributed by atoms with Gasteiger partial charge in [0.25, 0.3) is 5.91 Å². The summed E-state index contributed by atoms with van der Waals surface area (Å²) in [4.78, 5) is 18.3. The molecule has 0 spiro atoms. The Hall–Kier alpha value is -2.63. The zero-order valence-corrected chi connectivity index (χ0v) is 14.5. The number of hydrogen-bond acceptors (Lipinski definition) is 4. The van der Waals surface area contributed by atoms with E-state index in [4.69, 9.17) is 4.84 Å². The number of rotatable bonds is 4. The lowest BCUT2D eigenvalue weighted by molar-refractivity contribution is -0.135. The molecule has 0 bridgehead atoms. The van der Waals surface area contributed by atoms with Crippen LogP contribution in [-0.4, -0.2) is 27.0 Å². The average molecular weight is 326 g/mol. The van der Waals surface area contributed by atoms with E-state index in [1.54, 1.807) is 6.92 Å². The van der Waals surface area contributed by atoms with Crippen LogP contribution in [-0.2, 0) is 16.2 Å². The fourth-order valence-corrected chi connectivity index (χ4v) is 2.88. The predicted molar refractivity (Wildman–Crippen MR) is 93.1 cm³/mol. The Labute approximate surface area is 141 Å². The Morgan fingerprint density at radius 2 is 2.04 bits per heavy atom. The average Bonchev–Trinajstić information content (AvgIpc) is 3.12. The van der Waals surface area contributed by atoms with Crippen molar-refractivity contribution in [3.63, 3.8) is 0 Å². The van der Waals surface area contributed by atoms with Gasteiger partial charge in [-0.25, -0.2) is 0 Å². The van der Waals surface area contributed by atoms with Crippen LogP contribution in [0.5, 0.6) is 0 Å². The minimum Gasteiger partial charge on any atom is -0.379 e. The van der Waals surface area contributed by atoms with Crippen LogP contribution in [0.25, 0.3) is 0 Å². The van der Waals surface area contributed by atoms with Crippen LogP contribution in [0.3, 0.4) is 0 Å². The van der Waals surface area contributed by atoms with Gasteiger partial charge in [-0.2, -0.15) is 5.10 Å². The smallest absolute Gasteiger partial charge is 0.271 e. The molecule has 24 heavy (non-hydrogen) atoms. The maximum absolute atomic E-state index is 12.8. The van der Waals surface area contributed by atoms with Crippen molar-refractivity contribution in [2.45, 2.75) is 46.3 Å². The van der Waals surface area contributed by atoms with Crippen molar-refractivity contribution < 1.29 is 9.63 Å². The first-order chi connectivity index (χ1) is 11.4. The number of aromatic nitrogens is 2. The molecule has 1 N–H and O–H groups in total. The van der Waals surface area contributed by atoms with Crippen molar-refractivity contribution in [1.82, 2.24) is 9.78 Å². The molecule has 6 nitrogen and oxygen atoms in total. The van der Waals surface area contributed by atoms with E-state index in [1.807, 2.05) is 55.8 Å². The molecule has 1 amide bonds. The fraction of sp³-hybridized carbons (Fsp3) is 0.389. The van der Waals surface area contributed by atoms with Gasteiger partial charge in [-0.15, -0.1) is 0 Å². The van der Waals surface area contributed by atoms with Gasteiger partial charge < -0.3 is 10.2 Å². The Morgan fingerprint density at radius 1 is 1.33 bits per heavy atom. The first kappa shape index (κ1) is 16.2. The van der Waals surface area contributed by atoms with Gasteiger partial charge in [-0.3, -0.25) is 9.48 Å². The quantitative estimate of drug-likeness (QED) is 0.939. The molecular weight excluding hydrogens is 304 g/mol. The summed E-state index contributed by atoms with van der Waals surface area (Å²) in [5.41, 5.74) is 3.23. The Kier molecular flexibility index (Phi) is 4.13. The number of carbonyl (C=O) groups is 1. The molecule has 0 saturated heterocycles. The number of oxime groups is 1. The second kappa shape index (κ2) is 6.11. The molecule has 126 valence electrons. The van der Waals surface area contributed by atoms with E-state index in [0.29, 0.717) is 6.42 Å². The zero-order chi connectivity index (χ0) is 17.3. The highest BCUT2D eigenvalue weighted by Crippen LogP contribution is 2.29. The van der Waals surface area contributed by atoms with E-state index in [0.717, 1.165) is 34.9 Å². The molecular formula is C18H22N4O2. The molecule has 0 fully saturated rings. The summed E-state index contributed by atoms with van der Waals surface area (Å²) < 4.78 is 1.87. The summed E-state index contributed by atoms with van der Waals surface area (Å²) in [6, 6.07) is 9.76. The third-order valence-corrected chi connectivity index (χ3v) is 4.37. The van der Waals surface area contributed by atoms with Crippen molar-refractivity contribution in [1.29, 1.82) is 0 Å². The standard InChI is InChI=1S/C18H22N4O2/c1-5-22-13(3)16(12(2)20-22)19-17(23)18(4)11-15(21-24-18)14-9-7-6-8-10-14/h6-10H,5,11H2,1-4H3,(H,19,23)/t18-/m1/s1. The van der Waals surface area contributed by atoms with Gasteiger partial charge in [-0.05, 0) is 33.3 Å². The molecule has 1 atom stereocenters. The number of anilines is 1. The maximum Gasteiger partial charge on any atom is 0.271 e. The van der Waals surface area contributed by atoms with Crippen LogP contribution in [0.15, 0.2) is 35.5 Å². The van der Waals surface area contributed by atoms with Gasteiger partial charge in [0.15, 0.2) is 0 Å². The second-order valence-corrected chi connectivity index (χ2v) is 6.22. The topological polar surface area (TPSA) is 68.5 Å². The highest BCUT2D eigenvalue weighted by atomic mass is 16.7. The lowest BCUT2D eigenvalue weighted by atomic mass is 9.95. The van der Waals surface area contributed by atoms with Gasteiger partial charge in [0.2, 0.25) is 5.60 Å². The molecule has 1 aromatic heterocycles. The van der Waals surface area contributed by atoms with Gasteiger partial charge in [-0.1, -0.05) is 35.5 Å². The number of carbonyl (C=O) groups excluding carboxylic acids is 1. The van der Waals surface area contributed by atoms with Crippen molar-refractivity contribution in [3.8, 4) is 0 Å². The first-order valence-corrected chi connectivity index (χ1v) is 8.10. The highest BCUT2D eigenvalue weighted by molar-refractivity contribution is 6.08. The SMILES string of the molecule is CCn1nc(C)c(NC(=O)[C@@]2(C)CC(c3ccccc3)=NO2)c1C. The largest absolute Gasteiger partial charge is 0.379 e. The molecule has 0 saturated carbocycles. The van der Waals surface area contributed by atoms with Gasteiger partial charge in [0.1, 0.15) is 0 Å². The molecule has 1 aliphatic rings. The summed E-state index contributed by atoms with van der Waals surface area (Å²) >= 11 is 0. The molecule has 1 aromatic carbocycles. The molecule has 1 aliphatic heterocycles. The number of nitrogens with one attached hydrogen (secondary N) is 1. The van der Waals surface area contributed by atoms with Gasteiger partial charge in [0.05, 0.1) is 22.8 Å². The molecule has 2 aromatic rings. The van der Waals surface area contributed by atoms with E-state index in [1.165, 1.54) is 0 Å². The third-order valence-electron chi connectivity index (χ3n) is 4.37. The monoisotopic (exact) mass is 326 g/mol. The van der Waals surface area contributed by atoms with Crippen LogP contribution in [0.1, 0.15) is 37.2 Å². The summed E-state index contributed by atoms with van der Waals surface area (Å²) in [6.45, 7) is 8.38. The minimum absolute atomic E-state index is 0.209. The Morgan fingerprint density at radius 3 is 2.67 bits per heavy atom. The maximum atomic E-state index is 12.8.